The van der Waals surface area contributed by atoms with Crippen molar-refractivity contribution in [1.29, 1.82) is 0 Å². The number of fused-ring (bicyclic) bond motifs is 1. The zero-order valence-corrected chi connectivity index (χ0v) is 12.2. The molecule has 1 N–H and O–H groups in total. The zero-order valence-electron chi connectivity index (χ0n) is 11.4. The molecule has 0 saturated heterocycles. The molecule has 0 aliphatic carbocycles. The van der Waals surface area contributed by atoms with E-state index in [9.17, 15) is 4.79 Å². The van der Waals surface area contributed by atoms with E-state index in [-0.39, 0.29) is 11.9 Å². The summed E-state index contributed by atoms with van der Waals surface area (Å²) in [6.07, 6.45) is 3.56. The molecule has 0 radical (unpaired) electrons. The molecule has 2 heterocycles. The van der Waals surface area contributed by atoms with Crippen LogP contribution < -0.4 is 5.32 Å². The molecule has 20 heavy (non-hydrogen) atoms. The number of benzene rings is 1. The van der Waals surface area contributed by atoms with E-state index in [4.69, 9.17) is 0 Å². The highest BCUT2D eigenvalue weighted by atomic mass is 32.1. The number of carbonyl (C=O) groups excluding carboxylic acids is 1. The Kier molecular flexibility index (Phi) is 3.80. The Morgan fingerprint density at radius 1 is 1.45 bits per heavy atom. The van der Waals surface area contributed by atoms with Crippen molar-refractivity contribution < 1.29 is 4.79 Å². The number of hydrogen-bond acceptors (Lipinski definition) is 4. The lowest BCUT2D eigenvalue weighted by atomic mass is 10.1. The topological polar surface area (TPSA) is 45.2 Å². The Bertz CT molecular complexity index is 597. The zero-order chi connectivity index (χ0) is 13.9. The van der Waals surface area contributed by atoms with Crippen LogP contribution in [0.2, 0.25) is 0 Å². The summed E-state index contributed by atoms with van der Waals surface area (Å²) in [5, 5.41) is 6.04. The molecule has 5 heteroatoms. The van der Waals surface area contributed by atoms with E-state index in [1.54, 1.807) is 17.5 Å². The molecule has 104 valence electrons. The summed E-state index contributed by atoms with van der Waals surface area (Å²) in [6.45, 7) is 0.714. The number of nitrogens with one attached hydrogen (secondary N) is 1. The van der Waals surface area contributed by atoms with Crippen molar-refractivity contribution in [1.82, 2.24) is 9.88 Å². The molecule has 1 aliphatic heterocycles. The highest BCUT2D eigenvalue weighted by molar-refractivity contribution is 7.09. The molecule has 0 spiro atoms. The van der Waals surface area contributed by atoms with Gasteiger partial charge >= 0.3 is 0 Å². The van der Waals surface area contributed by atoms with Gasteiger partial charge in [0.1, 0.15) is 5.01 Å². The third-order valence-corrected chi connectivity index (χ3v) is 4.43. The van der Waals surface area contributed by atoms with Gasteiger partial charge in [-0.05, 0) is 31.5 Å². The molecule has 1 aromatic carbocycles. The van der Waals surface area contributed by atoms with Gasteiger partial charge in [0.25, 0.3) is 0 Å². The average molecular weight is 287 g/mol. The first-order chi connectivity index (χ1) is 9.74. The summed E-state index contributed by atoms with van der Waals surface area (Å²) in [4.78, 5) is 18.7. The number of carbonyl (C=O) groups is 1. The fraction of sp³-hybridized carbons (Fsp3) is 0.333. The van der Waals surface area contributed by atoms with Crippen LogP contribution in [0.4, 0.5) is 5.69 Å². The van der Waals surface area contributed by atoms with E-state index in [0.29, 0.717) is 6.54 Å². The quantitative estimate of drug-likeness (QED) is 0.943. The van der Waals surface area contributed by atoms with Gasteiger partial charge in [-0.25, -0.2) is 4.98 Å². The first-order valence-corrected chi connectivity index (χ1v) is 7.59. The number of nitrogens with zero attached hydrogens (tertiary/aromatic N) is 2. The van der Waals surface area contributed by atoms with Gasteiger partial charge in [0.2, 0.25) is 5.91 Å². The molecule has 0 unspecified atom stereocenters. The Balaban J connectivity index is 1.74. The summed E-state index contributed by atoms with van der Waals surface area (Å²) in [5.41, 5.74) is 2.16. The van der Waals surface area contributed by atoms with Gasteiger partial charge in [0.15, 0.2) is 0 Å². The van der Waals surface area contributed by atoms with Crippen LogP contribution in [-0.4, -0.2) is 28.9 Å². The van der Waals surface area contributed by atoms with Gasteiger partial charge in [-0.3, -0.25) is 9.69 Å². The van der Waals surface area contributed by atoms with Crippen molar-refractivity contribution >= 4 is 22.9 Å². The Morgan fingerprint density at radius 3 is 3.10 bits per heavy atom. The SMILES string of the molecule is CN(Cc1nccs1)[C@@H]1CCc2ccccc2NC1=O. The molecule has 2 aromatic rings. The maximum absolute atomic E-state index is 12.4. The van der Waals surface area contributed by atoms with E-state index in [2.05, 4.69) is 21.3 Å². The van der Waals surface area contributed by atoms with Crippen molar-refractivity contribution in [3.8, 4) is 0 Å². The smallest absolute Gasteiger partial charge is 0.241 e. The first-order valence-electron chi connectivity index (χ1n) is 6.71. The number of thiazole rings is 1. The second-order valence-corrected chi connectivity index (χ2v) is 6.02. The van der Waals surface area contributed by atoms with E-state index in [1.807, 2.05) is 30.6 Å². The maximum Gasteiger partial charge on any atom is 0.241 e. The van der Waals surface area contributed by atoms with Gasteiger partial charge in [-0.2, -0.15) is 0 Å². The van der Waals surface area contributed by atoms with Gasteiger partial charge in [-0.1, -0.05) is 18.2 Å². The molecule has 3 rings (SSSR count). The lowest BCUT2D eigenvalue weighted by molar-refractivity contribution is -0.121. The number of aryl methyl sites for hydroxylation is 1. The van der Waals surface area contributed by atoms with Gasteiger partial charge in [-0.15, -0.1) is 11.3 Å². The van der Waals surface area contributed by atoms with Crippen molar-refractivity contribution in [3.05, 3.63) is 46.4 Å². The lowest BCUT2D eigenvalue weighted by Gasteiger charge is -2.24. The first kappa shape index (κ1) is 13.3. The third-order valence-electron chi connectivity index (χ3n) is 3.67. The molecular formula is C15H17N3OS. The number of hydrogen-bond donors (Lipinski definition) is 1. The van der Waals surface area contributed by atoms with Crippen LogP contribution in [0.25, 0.3) is 0 Å². The molecule has 1 aliphatic rings. The van der Waals surface area contributed by atoms with E-state index in [1.165, 1.54) is 5.56 Å². The average Bonchev–Trinajstić information content (AvgIpc) is 2.87. The number of aromatic nitrogens is 1. The summed E-state index contributed by atoms with van der Waals surface area (Å²) in [6, 6.07) is 7.92. The van der Waals surface area contributed by atoms with Gasteiger partial charge < -0.3 is 5.32 Å². The van der Waals surface area contributed by atoms with Gasteiger partial charge in [0, 0.05) is 17.3 Å². The minimum Gasteiger partial charge on any atom is -0.324 e. The summed E-state index contributed by atoms with van der Waals surface area (Å²) >= 11 is 1.62. The van der Waals surface area contributed by atoms with Crippen LogP contribution in [0.3, 0.4) is 0 Å². The summed E-state index contributed by atoms with van der Waals surface area (Å²) in [5.74, 6) is 0.0778. The molecule has 1 aromatic heterocycles. The molecular weight excluding hydrogens is 270 g/mol. The predicted molar refractivity (Wildman–Crippen MR) is 80.8 cm³/mol. The second-order valence-electron chi connectivity index (χ2n) is 5.04. The molecule has 0 fully saturated rings. The lowest BCUT2D eigenvalue weighted by Crippen LogP contribution is -2.40. The molecule has 0 bridgehead atoms. The standard InChI is InChI=1S/C15H17N3OS/c1-18(10-14-16-8-9-20-14)13-7-6-11-4-2-3-5-12(11)17-15(13)19/h2-5,8-9,13H,6-7,10H2,1H3,(H,17,19)/t13-/m1/s1. The van der Waals surface area contributed by atoms with Crippen molar-refractivity contribution in [2.75, 3.05) is 12.4 Å². The van der Waals surface area contributed by atoms with Crippen LogP contribution in [0.15, 0.2) is 35.8 Å². The fourth-order valence-corrected chi connectivity index (χ4v) is 3.25. The number of amides is 1. The Hall–Kier alpha value is -1.72. The van der Waals surface area contributed by atoms with E-state index >= 15 is 0 Å². The van der Waals surface area contributed by atoms with Gasteiger partial charge in [0.05, 0.1) is 12.6 Å². The van der Waals surface area contributed by atoms with Crippen molar-refractivity contribution in [2.24, 2.45) is 0 Å². The highest BCUT2D eigenvalue weighted by Crippen LogP contribution is 2.24. The summed E-state index contributed by atoms with van der Waals surface area (Å²) in [7, 11) is 1.99. The van der Waals surface area contributed by atoms with Crippen LogP contribution in [0.1, 0.15) is 17.0 Å². The Morgan fingerprint density at radius 2 is 2.30 bits per heavy atom. The number of likely N-dealkylation sites (N-methyl/N-ethyl adjacent to an activating group) is 1. The van der Waals surface area contributed by atoms with Crippen LogP contribution in [0.5, 0.6) is 0 Å². The summed E-state index contributed by atoms with van der Waals surface area (Å²) < 4.78 is 0. The number of rotatable bonds is 3. The molecule has 4 nitrogen and oxygen atoms in total. The normalized spacial score (nSPS) is 18.5. The third kappa shape index (κ3) is 2.73. The van der Waals surface area contributed by atoms with Crippen LogP contribution >= 0.6 is 11.3 Å². The predicted octanol–water partition coefficient (Wildman–Crippen LogP) is 2.53. The fourth-order valence-electron chi connectivity index (χ4n) is 2.57. The minimum absolute atomic E-state index is 0.0778. The van der Waals surface area contributed by atoms with Crippen LogP contribution in [0, 0.1) is 0 Å². The number of para-hydroxylation sites is 1. The number of anilines is 1. The largest absolute Gasteiger partial charge is 0.324 e. The van der Waals surface area contributed by atoms with Crippen molar-refractivity contribution in [3.63, 3.8) is 0 Å². The van der Waals surface area contributed by atoms with Crippen LogP contribution in [-0.2, 0) is 17.8 Å². The van der Waals surface area contributed by atoms with Crippen molar-refractivity contribution in [2.45, 2.75) is 25.4 Å². The molecule has 1 amide bonds. The van der Waals surface area contributed by atoms with E-state index < -0.39 is 0 Å². The highest BCUT2D eigenvalue weighted by Gasteiger charge is 2.27. The second kappa shape index (κ2) is 5.73. The van der Waals surface area contributed by atoms with E-state index in [0.717, 1.165) is 23.5 Å². The molecule has 0 saturated carbocycles. The maximum atomic E-state index is 12.4. The minimum atomic E-state index is -0.105. The molecule has 1 atom stereocenters. The monoisotopic (exact) mass is 287 g/mol. The Labute approximate surface area is 122 Å².